The first-order valence-electron chi connectivity index (χ1n) is 9.20. The number of halogens is 2. The molecule has 8 heteroatoms. The van der Waals surface area contributed by atoms with Crippen molar-refractivity contribution in [3.05, 3.63) is 75.7 Å². The highest BCUT2D eigenvalue weighted by Crippen LogP contribution is 2.38. The quantitative estimate of drug-likeness (QED) is 0.453. The minimum Gasteiger partial charge on any atom is -0.428 e. The Kier molecular flexibility index (Phi) is 6.04. The highest BCUT2D eigenvalue weighted by Gasteiger charge is 2.32. The Morgan fingerprint density at radius 1 is 1.10 bits per heavy atom. The number of amides is 1. The van der Waals surface area contributed by atoms with E-state index in [1.807, 2.05) is 35.2 Å². The minimum absolute atomic E-state index is 0.0211. The van der Waals surface area contributed by atoms with Gasteiger partial charge in [-0.2, -0.15) is 4.73 Å². The van der Waals surface area contributed by atoms with Gasteiger partial charge in [-0.1, -0.05) is 35.3 Å². The first-order chi connectivity index (χ1) is 14.0. The Labute approximate surface area is 182 Å². The van der Waals surface area contributed by atoms with Gasteiger partial charge in [-0.3, -0.25) is 9.79 Å². The minimum atomic E-state index is 0.0211. The van der Waals surface area contributed by atoms with E-state index in [-0.39, 0.29) is 11.3 Å². The number of hydrogen-bond donors (Lipinski definition) is 1. The average Bonchev–Trinajstić information content (AvgIpc) is 3.08. The third kappa shape index (κ3) is 4.39. The van der Waals surface area contributed by atoms with E-state index in [0.29, 0.717) is 34.4 Å². The van der Waals surface area contributed by atoms with Crippen molar-refractivity contribution in [1.82, 2.24) is 9.63 Å². The summed E-state index contributed by atoms with van der Waals surface area (Å²) in [6, 6.07) is 14.8. The molecule has 1 aliphatic rings. The number of pyridine rings is 1. The lowest BCUT2D eigenvalue weighted by molar-refractivity contribution is -0.128. The first kappa shape index (κ1) is 20.1. The maximum absolute atomic E-state index is 12.3. The summed E-state index contributed by atoms with van der Waals surface area (Å²) in [5.41, 5.74) is 1.69. The van der Waals surface area contributed by atoms with Gasteiger partial charge in [-0.25, -0.2) is 0 Å². The standard InChI is InChI=1S/C21H19Cl2N3O2S/c22-15-4-2-14(3-5-15)21-25(20(27)13-29-21)10-1-9-24-18-8-11-26(28)19-12-16(23)6-7-17(18)19/h2-8,11-12,21,28H,1,9-10,13H2. The van der Waals surface area contributed by atoms with Gasteiger partial charge in [0, 0.05) is 34.7 Å². The van der Waals surface area contributed by atoms with Crippen molar-refractivity contribution in [3.8, 4) is 0 Å². The molecule has 1 amide bonds. The number of aromatic nitrogens is 1. The van der Waals surface area contributed by atoms with E-state index in [0.717, 1.165) is 27.5 Å². The van der Waals surface area contributed by atoms with Crippen LogP contribution in [-0.4, -0.2) is 39.6 Å². The molecule has 2 aromatic carbocycles. The molecule has 1 fully saturated rings. The van der Waals surface area contributed by atoms with Gasteiger partial charge in [0.25, 0.3) is 0 Å². The highest BCUT2D eigenvalue weighted by atomic mass is 35.5. The van der Waals surface area contributed by atoms with Crippen LogP contribution in [0.2, 0.25) is 10.0 Å². The van der Waals surface area contributed by atoms with E-state index in [4.69, 9.17) is 23.2 Å². The van der Waals surface area contributed by atoms with Gasteiger partial charge in [0.2, 0.25) is 5.91 Å². The zero-order valence-corrected chi connectivity index (χ0v) is 17.8. The predicted molar refractivity (Wildman–Crippen MR) is 118 cm³/mol. The smallest absolute Gasteiger partial charge is 0.233 e. The maximum Gasteiger partial charge on any atom is 0.233 e. The summed E-state index contributed by atoms with van der Waals surface area (Å²) < 4.78 is 1.04. The number of benzene rings is 2. The van der Waals surface area contributed by atoms with E-state index in [1.54, 1.807) is 36.2 Å². The summed E-state index contributed by atoms with van der Waals surface area (Å²) in [5.74, 6) is 0.640. The van der Waals surface area contributed by atoms with Crippen LogP contribution in [0.3, 0.4) is 0 Å². The highest BCUT2D eigenvalue weighted by molar-refractivity contribution is 8.00. The monoisotopic (exact) mass is 447 g/mol. The molecule has 3 aromatic rings. The largest absolute Gasteiger partial charge is 0.428 e. The molecular weight excluding hydrogens is 429 g/mol. The molecule has 4 rings (SSSR count). The van der Waals surface area contributed by atoms with E-state index in [2.05, 4.69) is 4.99 Å². The molecule has 1 saturated heterocycles. The van der Waals surface area contributed by atoms with Crippen molar-refractivity contribution < 1.29 is 10.0 Å². The number of carbonyl (C=O) groups is 1. The molecule has 29 heavy (non-hydrogen) atoms. The Hall–Kier alpha value is -2.15. The third-order valence-electron chi connectivity index (χ3n) is 4.82. The van der Waals surface area contributed by atoms with Crippen LogP contribution in [0.1, 0.15) is 17.4 Å². The molecule has 1 aliphatic heterocycles. The van der Waals surface area contributed by atoms with Gasteiger partial charge in [0.05, 0.1) is 16.6 Å². The number of rotatable bonds is 5. The zero-order valence-electron chi connectivity index (χ0n) is 15.5. The molecule has 0 bridgehead atoms. The van der Waals surface area contributed by atoms with E-state index in [1.165, 1.54) is 0 Å². The van der Waals surface area contributed by atoms with E-state index in [9.17, 15) is 10.0 Å². The summed E-state index contributed by atoms with van der Waals surface area (Å²) in [5, 5.41) is 12.9. The fourth-order valence-electron chi connectivity index (χ4n) is 3.40. The van der Waals surface area contributed by atoms with Crippen molar-refractivity contribution in [2.45, 2.75) is 11.8 Å². The van der Waals surface area contributed by atoms with Gasteiger partial charge in [0.15, 0.2) is 0 Å². The van der Waals surface area contributed by atoms with E-state index < -0.39 is 0 Å². The fourth-order valence-corrected chi connectivity index (χ4v) is 4.91. The Bertz CT molecular complexity index is 1120. The van der Waals surface area contributed by atoms with Gasteiger partial charge < -0.3 is 10.1 Å². The van der Waals surface area contributed by atoms with Crippen molar-refractivity contribution in [3.63, 3.8) is 0 Å². The van der Waals surface area contributed by atoms with Gasteiger partial charge >= 0.3 is 0 Å². The number of fused-ring (bicyclic) bond motifs is 1. The van der Waals surface area contributed by atoms with Crippen LogP contribution in [0.15, 0.2) is 59.7 Å². The number of carbonyl (C=O) groups excluding carboxylic acids is 1. The van der Waals surface area contributed by atoms with Gasteiger partial charge in [-0.15, -0.1) is 11.8 Å². The predicted octanol–water partition coefficient (Wildman–Crippen LogP) is 4.75. The lowest BCUT2D eigenvalue weighted by Gasteiger charge is -2.24. The van der Waals surface area contributed by atoms with Gasteiger partial charge in [-0.05, 0) is 48.4 Å². The Morgan fingerprint density at radius 2 is 1.86 bits per heavy atom. The SMILES string of the molecule is O=C1CSC(c2ccc(Cl)cc2)N1CCCN=c1ccn(O)c2cc(Cl)ccc12. The molecule has 0 aliphatic carbocycles. The summed E-state index contributed by atoms with van der Waals surface area (Å²) >= 11 is 13.6. The second kappa shape index (κ2) is 8.69. The van der Waals surface area contributed by atoms with Crippen LogP contribution in [0, 0.1) is 0 Å². The normalized spacial score (nSPS) is 17.4. The van der Waals surface area contributed by atoms with Crippen molar-refractivity contribution >= 4 is 51.8 Å². The van der Waals surface area contributed by atoms with Crippen LogP contribution in [0.4, 0.5) is 0 Å². The van der Waals surface area contributed by atoms with Crippen LogP contribution >= 0.6 is 35.0 Å². The lowest BCUT2D eigenvalue weighted by Crippen LogP contribution is -2.29. The fraction of sp³-hybridized carbons (Fsp3) is 0.238. The average molecular weight is 448 g/mol. The van der Waals surface area contributed by atoms with Crippen molar-refractivity contribution in [1.29, 1.82) is 0 Å². The molecule has 1 atom stereocenters. The number of thioether (sulfide) groups is 1. The second-order valence-corrected chi connectivity index (χ2v) is 8.69. The maximum atomic E-state index is 12.3. The topological polar surface area (TPSA) is 57.8 Å². The van der Waals surface area contributed by atoms with Crippen LogP contribution < -0.4 is 5.36 Å². The molecular formula is C21H19Cl2N3O2S. The third-order valence-corrected chi connectivity index (χ3v) is 6.56. The molecule has 5 nitrogen and oxygen atoms in total. The molecule has 1 aromatic heterocycles. The van der Waals surface area contributed by atoms with E-state index >= 15 is 0 Å². The molecule has 0 radical (unpaired) electrons. The number of hydrogen-bond acceptors (Lipinski definition) is 4. The molecule has 1 N–H and O–H groups in total. The second-order valence-electron chi connectivity index (χ2n) is 6.74. The zero-order chi connectivity index (χ0) is 20.4. The number of nitrogens with zero attached hydrogens (tertiary/aromatic N) is 3. The van der Waals surface area contributed by atoms with Crippen LogP contribution in [-0.2, 0) is 4.79 Å². The lowest BCUT2D eigenvalue weighted by atomic mass is 10.2. The Morgan fingerprint density at radius 3 is 2.66 bits per heavy atom. The Balaban J connectivity index is 1.47. The summed E-state index contributed by atoms with van der Waals surface area (Å²) in [7, 11) is 0. The summed E-state index contributed by atoms with van der Waals surface area (Å²) in [4.78, 5) is 18.9. The van der Waals surface area contributed by atoms with Crippen LogP contribution in [0.5, 0.6) is 0 Å². The summed E-state index contributed by atoms with van der Waals surface area (Å²) in [6.07, 6.45) is 2.30. The van der Waals surface area contributed by atoms with Crippen molar-refractivity contribution in [2.75, 3.05) is 18.8 Å². The van der Waals surface area contributed by atoms with Gasteiger partial charge in [0.1, 0.15) is 5.37 Å². The molecule has 150 valence electrons. The summed E-state index contributed by atoms with van der Waals surface area (Å²) in [6.45, 7) is 1.22. The molecule has 0 saturated carbocycles. The van der Waals surface area contributed by atoms with Crippen LogP contribution in [0.25, 0.3) is 10.9 Å². The molecule has 2 heterocycles. The molecule has 1 unspecified atom stereocenters. The van der Waals surface area contributed by atoms with Crippen molar-refractivity contribution in [2.24, 2.45) is 4.99 Å². The molecule has 0 spiro atoms. The first-order valence-corrected chi connectivity index (χ1v) is 11.0.